The van der Waals surface area contributed by atoms with Crippen molar-refractivity contribution in [2.24, 2.45) is 0 Å². The van der Waals surface area contributed by atoms with Gasteiger partial charge >= 0.3 is 0 Å². The maximum absolute atomic E-state index is 8.88. The Hall–Kier alpha value is -2.09. The van der Waals surface area contributed by atoms with Gasteiger partial charge in [-0.2, -0.15) is 5.26 Å². The van der Waals surface area contributed by atoms with Gasteiger partial charge in [0, 0.05) is 11.6 Å². The van der Waals surface area contributed by atoms with Gasteiger partial charge in [0.1, 0.15) is 0 Å². The second kappa shape index (κ2) is 5.49. The lowest BCUT2D eigenvalue weighted by Gasteiger charge is -2.02. The average molecular weight is 300 g/mol. The smallest absolute Gasteiger partial charge is 0.184 e. The lowest BCUT2D eigenvalue weighted by Crippen LogP contribution is -1.98. The van der Waals surface area contributed by atoms with E-state index in [1.807, 2.05) is 36.4 Å². The van der Waals surface area contributed by atoms with Crippen LogP contribution in [0, 0.1) is 11.3 Å². The molecule has 0 amide bonds. The van der Waals surface area contributed by atoms with Crippen LogP contribution in [0.2, 0.25) is 5.02 Å². The summed E-state index contributed by atoms with van der Waals surface area (Å²) in [7, 11) is 0. The summed E-state index contributed by atoms with van der Waals surface area (Å²) >= 11 is 7.54. The van der Waals surface area contributed by atoms with Crippen molar-refractivity contribution in [3.63, 3.8) is 0 Å². The minimum Gasteiger partial charge on any atom is -0.357 e. The first kappa shape index (κ1) is 12.9. The predicted molar refractivity (Wildman–Crippen MR) is 83.1 cm³/mol. The van der Waals surface area contributed by atoms with Gasteiger partial charge in [0.15, 0.2) is 5.13 Å². The standard InChI is InChI=1S/C15H10ClN3S/c16-12-4-5-14-13(7-12)19-15(20-14)18-9-11-3-1-2-10(6-11)8-17/h1-7H,9H2,(H,18,19). The molecule has 0 aliphatic rings. The van der Waals surface area contributed by atoms with Crippen molar-refractivity contribution in [1.29, 1.82) is 5.26 Å². The number of fused-ring (bicyclic) bond motifs is 1. The van der Waals surface area contributed by atoms with Crippen LogP contribution in [0.1, 0.15) is 11.1 Å². The van der Waals surface area contributed by atoms with E-state index in [1.54, 1.807) is 17.4 Å². The Morgan fingerprint density at radius 3 is 3.00 bits per heavy atom. The number of nitrogens with one attached hydrogen (secondary N) is 1. The van der Waals surface area contributed by atoms with E-state index in [2.05, 4.69) is 16.4 Å². The second-order valence-corrected chi connectivity index (χ2v) is 5.76. The number of aromatic nitrogens is 1. The maximum atomic E-state index is 8.88. The zero-order valence-electron chi connectivity index (χ0n) is 10.4. The Bertz CT molecular complexity index is 804. The fraction of sp³-hybridized carbons (Fsp3) is 0.0667. The van der Waals surface area contributed by atoms with Gasteiger partial charge < -0.3 is 5.32 Å². The van der Waals surface area contributed by atoms with Crippen LogP contribution in [0.15, 0.2) is 42.5 Å². The summed E-state index contributed by atoms with van der Waals surface area (Å²) in [6, 6.07) is 15.4. The maximum Gasteiger partial charge on any atom is 0.184 e. The lowest BCUT2D eigenvalue weighted by molar-refractivity contribution is 1.14. The van der Waals surface area contributed by atoms with Gasteiger partial charge in [-0.3, -0.25) is 0 Å². The van der Waals surface area contributed by atoms with Crippen molar-refractivity contribution in [1.82, 2.24) is 4.98 Å². The number of thiazole rings is 1. The number of benzene rings is 2. The van der Waals surface area contributed by atoms with E-state index >= 15 is 0 Å². The molecule has 0 aliphatic carbocycles. The van der Waals surface area contributed by atoms with E-state index in [1.165, 1.54) is 0 Å². The molecule has 0 unspecified atom stereocenters. The molecule has 0 radical (unpaired) electrons. The quantitative estimate of drug-likeness (QED) is 0.778. The number of halogens is 1. The summed E-state index contributed by atoms with van der Waals surface area (Å²) < 4.78 is 1.10. The molecule has 1 aromatic heterocycles. The van der Waals surface area contributed by atoms with Gasteiger partial charge in [0.05, 0.1) is 21.8 Å². The van der Waals surface area contributed by atoms with E-state index in [9.17, 15) is 0 Å². The summed E-state index contributed by atoms with van der Waals surface area (Å²) in [5.41, 5.74) is 2.62. The molecule has 3 rings (SSSR count). The van der Waals surface area contributed by atoms with E-state index in [4.69, 9.17) is 16.9 Å². The molecular weight excluding hydrogens is 290 g/mol. The third-order valence-corrected chi connectivity index (χ3v) is 4.08. The average Bonchev–Trinajstić information content (AvgIpc) is 2.87. The highest BCUT2D eigenvalue weighted by Crippen LogP contribution is 2.28. The van der Waals surface area contributed by atoms with Gasteiger partial charge in [0.2, 0.25) is 0 Å². The van der Waals surface area contributed by atoms with E-state index in [-0.39, 0.29) is 0 Å². The van der Waals surface area contributed by atoms with Gasteiger partial charge in [-0.25, -0.2) is 4.98 Å². The number of nitrogens with zero attached hydrogens (tertiary/aromatic N) is 2. The molecule has 0 saturated heterocycles. The van der Waals surface area contributed by atoms with Crippen LogP contribution in [-0.4, -0.2) is 4.98 Å². The van der Waals surface area contributed by atoms with E-state index in [0.717, 1.165) is 20.9 Å². The van der Waals surface area contributed by atoms with Gasteiger partial charge in [0.25, 0.3) is 0 Å². The molecule has 3 nitrogen and oxygen atoms in total. The highest BCUT2D eigenvalue weighted by atomic mass is 35.5. The van der Waals surface area contributed by atoms with Crippen molar-refractivity contribution in [2.75, 3.05) is 5.32 Å². The summed E-state index contributed by atoms with van der Waals surface area (Å²) in [4.78, 5) is 4.49. The summed E-state index contributed by atoms with van der Waals surface area (Å²) in [5.74, 6) is 0. The molecule has 1 heterocycles. The van der Waals surface area contributed by atoms with Crippen molar-refractivity contribution >= 4 is 38.3 Å². The van der Waals surface area contributed by atoms with Crippen LogP contribution in [0.25, 0.3) is 10.2 Å². The zero-order valence-corrected chi connectivity index (χ0v) is 12.0. The van der Waals surface area contributed by atoms with E-state index in [0.29, 0.717) is 17.1 Å². The molecule has 0 bridgehead atoms. The largest absolute Gasteiger partial charge is 0.357 e. The lowest BCUT2D eigenvalue weighted by atomic mass is 10.1. The molecule has 2 aromatic carbocycles. The first-order valence-corrected chi connectivity index (χ1v) is 7.23. The molecule has 0 fully saturated rings. The number of hydrogen-bond donors (Lipinski definition) is 1. The van der Waals surface area contributed by atoms with Crippen LogP contribution < -0.4 is 5.32 Å². The summed E-state index contributed by atoms with van der Waals surface area (Å²) in [6.07, 6.45) is 0. The molecule has 3 aromatic rings. The molecule has 20 heavy (non-hydrogen) atoms. The number of rotatable bonds is 3. The SMILES string of the molecule is N#Cc1cccc(CNc2nc3cc(Cl)ccc3s2)c1. The second-order valence-electron chi connectivity index (χ2n) is 4.30. The highest BCUT2D eigenvalue weighted by molar-refractivity contribution is 7.22. The number of anilines is 1. The van der Waals surface area contributed by atoms with E-state index < -0.39 is 0 Å². The molecule has 1 N–H and O–H groups in total. The Morgan fingerprint density at radius 2 is 2.15 bits per heavy atom. The zero-order chi connectivity index (χ0) is 13.9. The third kappa shape index (κ3) is 2.74. The van der Waals surface area contributed by atoms with Gasteiger partial charge in [-0.1, -0.05) is 35.1 Å². The van der Waals surface area contributed by atoms with Crippen LogP contribution in [0.3, 0.4) is 0 Å². The molecule has 98 valence electrons. The number of nitriles is 1. The van der Waals surface area contributed by atoms with Crippen LogP contribution in [0.5, 0.6) is 0 Å². The molecule has 0 spiro atoms. The molecule has 0 atom stereocenters. The van der Waals surface area contributed by atoms with Gasteiger partial charge in [-0.05, 0) is 35.9 Å². The van der Waals surface area contributed by atoms with Crippen molar-refractivity contribution in [3.8, 4) is 6.07 Å². The molecular formula is C15H10ClN3S. The van der Waals surface area contributed by atoms with Crippen molar-refractivity contribution in [3.05, 3.63) is 58.6 Å². The Balaban J connectivity index is 1.78. The van der Waals surface area contributed by atoms with Crippen LogP contribution in [-0.2, 0) is 6.54 Å². The fourth-order valence-corrected chi connectivity index (χ4v) is 2.91. The number of hydrogen-bond acceptors (Lipinski definition) is 4. The normalized spacial score (nSPS) is 10.4. The van der Waals surface area contributed by atoms with Crippen LogP contribution >= 0.6 is 22.9 Å². The first-order valence-electron chi connectivity index (χ1n) is 6.03. The minimum atomic E-state index is 0.642. The summed E-state index contributed by atoms with van der Waals surface area (Å²) in [5, 5.41) is 13.7. The monoisotopic (exact) mass is 299 g/mol. The Labute approximate surface area is 125 Å². The Kier molecular flexibility index (Phi) is 3.55. The summed E-state index contributed by atoms with van der Waals surface area (Å²) in [6.45, 7) is 0.642. The third-order valence-electron chi connectivity index (χ3n) is 2.85. The van der Waals surface area contributed by atoms with Crippen molar-refractivity contribution < 1.29 is 0 Å². The molecule has 0 saturated carbocycles. The fourth-order valence-electron chi connectivity index (χ4n) is 1.90. The predicted octanol–water partition coefficient (Wildman–Crippen LogP) is 4.43. The molecule has 0 aliphatic heterocycles. The van der Waals surface area contributed by atoms with Crippen molar-refractivity contribution in [2.45, 2.75) is 6.54 Å². The van der Waals surface area contributed by atoms with Gasteiger partial charge in [-0.15, -0.1) is 0 Å². The minimum absolute atomic E-state index is 0.642. The topological polar surface area (TPSA) is 48.7 Å². The highest BCUT2D eigenvalue weighted by Gasteiger charge is 2.04. The van der Waals surface area contributed by atoms with Crippen LogP contribution in [0.4, 0.5) is 5.13 Å². The first-order chi connectivity index (χ1) is 9.74. The molecule has 5 heteroatoms. The Morgan fingerprint density at radius 1 is 1.25 bits per heavy atom.